The van der Waals surface area contributed by atoms with Gasteiger partial charge in [-0.1, -0.05) is 0 Å². The van der Waals surface area contributed by atoms with Gasteiger partial charge in [0.2, 0.25) is 10.0 Å². The summed E-state index contributed by atoms with van der Waals surface area (Å²) in [6, 6.07) is 3.49. The second-order valence-corrected chi connectivity index (χ2v) is 7.44. The standard InChI is InChI=1S/C15H20FN3O2S/c1-11(2)19(10-13-8-17-18(4)9-13)22(20,21)15-6-5-14(16)7-12(15)3/h5-9,11H,10H2,1-4H3. The van der Waals surface area contributed by atoms with Crippen LogP contribution in [0.15, 0.2) is 35.5 Å². The van der Waals surface area contributed by atoms with Crippen molar-refractivity contribution in [2.75, 3.05) is 0 Å². The van der Waals surface area contributed by atoms with Gasteiger partial charge in [0.25, 0.3) is 0 Å². The molecule has 0 amide bonds. The Hall–Kier alpha value is -1.73. The molecule has 7 heteroatoms. The molecule has 5 nitrogen and oxygen atoms in total. The van der Waals surface area contributed by atoms with Crippen molar-refractivity contribution in [3.05, 3.63) is 47.5 Å². The fourth-order valence-electron chi connectivity index (χ4n) is 2.31. The highest BCUT2D eigenvalue weighted by Gasteiger charge is 2.29. The Morgan fingerprint density at radius 1 is 1.36 bits per heavy atom. The van der Waals surface area contributed by atoms with Crippen molar-refractivity contribution in [1.29, 1.82) is 0 Å². The van der Waals surface area contributed by atoms with Gasteiger partial charge in [0, 0.05) is 31.4 Å². The van der Waals surface area contributed by atoms with E-state index in [1.54, 1.807) is 31.0 Å². The van der Waals surface area contributed by atoms with Crippen molar-refractivity contribution in [2.45, 2.75) is 38.3 Å². The van der Waals surface area contributed by atoms with Crippen molar-refractivity contribution in [3.63, 3.8) is 0 Å². The van der Waals surface area contributed by atoms with Crippen LogP contribution in [0, 0.1) is 12.7 Å². The van der Waals surface area contributed by atoms with Gasteiger partial charge in [0.1, 0.15) is 5.82 Å². The summed E-state index contributed by atoms with van der Waals surface area (Å²) in [5.74, 6) is -0.445. The van der Waals surface area contributed by atoms with E-state index >= 15 is 0 Å². The van der Waals surface area contributed by atoms with Gasteiger partial charge in [-0.3, -0.25) is 4.68 Å². The molecule has 0 aliphatic heterocycles. The van der Waals surface area contributed by atoms with Crippen LogP contribution in [0.3, 0.4) is 0 Å². The number of benzene rings is 1. The predicted octanol–water partition coefficient (Wildman–Crippen LogP) is 2.47. The van der Waals surface area contributed by atoms with Crippen LogP contribution in [-0.4, -0.2) is 28.5 Å². The zero-order valence-electron chi connectivity index (χ0n) is 13.1. The Labute approximate surface area is 130 Å². The summed E-state index contributed by atoms with van der Waals surface area (Å²) < 4.78 is 42.0. The maximum absolute atomic E-state index is 13.2. The summed E-state index contributed by atoms with van der Waals surface area (Å²) in [7, 11) is -1.93. The summed E-state index contributed by atoms with van der Waals surface area (Å²) in [6.07, 6.45) is 3.42. The van der Waals surface area contributed by atoms with E-state index < -0.39 is 15.8 Å². The lowest BCUT2D eigenvalue weighted by Gasteiger charge is -2.26. The summed E-state index contributed by atoms with van der Waals surface area (Å²) in [5.41, 5.74) is 1.20. The Morgan fingerprint density at radius 2 is 2.05 bits per heavy atom. The minimum Gasteiger partial charge on any atom is -0.275 e. The highest BCUT2D eigenvalue weighted by Crippen LogP contribution is 2.24. The van der Waals surface area contributed by atoms with Gasteiger partial charge in [-0.15, -0.1) is 0 Å². The predicted molar refractivity (Wildman–Crippen MR) is 82.2 cm³/mol. The third-order valence-electron chi connectivity index (χ3n) is 3.40. The number of rotatable bonds is 5. The maximum atomic E-state index is 13.2. The zero-order chi connectivity index (χ0) is 16.5. The number of sulfonamides is 1. The maximum Gasteiger partial charge on any atom is 0.243 e. The highest BCUT2D eigenvalue weighted by molar-refractivity contribution is 7.89. The monoisotopic (exact) mass is 325 g/mol. The molecule has 0 fully saturated rings. The summed E-state index contributed by atoms with van der Waals surface area (Å²) >= 11 is 0. The molecule has 0 saturated carbocycles. The molecular formula is C15H20FN3O2S. The lowest BCUT2D eigenvalue weighted by Crippen LogP contribution is -2.36. The quantitative estimate of drug-likeness (QED) is 0.848. The average Bonchev–Trinajstić information content (AvgIpc) is 2.80. The summed E-state index contributed by atoms with van der Waals surface area (Å²) in [4.78, 5) is 0.131. The van der Waals surface area contributed by atoms with Crippen molar-refractivity contribution in [3.8, 4) is 0 Å². The van der Waals surface area contributed by atoms with Crippen LogP contribution in [0.5, 0.6) is 0 Å². The fourth-order valence-corrected chi connectivity index (χ4v) is 4.14. The molecule has 0 bridgehead atoms. The number of nitrogens with zero attached hydrogens (tertiary/aromatic N) is 3. The first-order chi connectivity index (χ1) is 10.2. The normalized spacial score (nSPS) is 12.3. The van der Waals surface area contributed by atoms with Crippen LogP contribution >= 0.6 is 0 Å². The van der Waals surface area contributed by atoms with Crippen LogP contribution in [0.2, 0.25) is 0 Å². The SMILES string of the molecule is Cc1cc(F)ccc1S(=O)(=O)N(Cc1cnn(C)c1)C(C)C. The van der Waals surface area contributed by atoms with E-state index in [1.807, 2.05) is 13.8 Å². The molecule has 0 saturated heterocycles. The van der Waals surface area contributed by atoms with E-state index in [2.05, 4.69) is 5.10 Å². The summed E-state index contributed by atoms with van der Waals surface area (Å²) in [6.45, 7) is 5.45. The van der Waals surface area contributed by atoms with Crippen molar-refractivity contribution >= 4 is 10.0 Å². The first-order valence-corrected chi connectivity index (χ1v) is 8.41. The zero-order valence-corrected chi connectivity index (χ0v) is 13.9. The number of hydrogen-bond donors (Lipinski definition) is 0. The molecule has 0 spiro atoms. The molecule has 0 atom stereocenters. The lowest BCUT2D eigenvalue weighted by molar-refractivity contribution is 0.347. The van der Waals surface area contributed by atoms with E-state index in [4.69, 9.17) is 0 Å². The number of hydrogen-bond acceptors (Lipinski definition) is 3. The lowest BCUT2D eigenvalue weighted by atomic mass is 10.2. The molecule has 120 valence electrons. The van der Waals surface area contributed by atoms with Gasteiger partial charge < -0.3 is 0 Å². The molecule has 2 rings (SSSR count). The van der Waals surface area contributed by atoms with Crippen LogP contribution in [0.4, 0.5) is 4.39 Å². The Morgan fingerprint density at radius 3 is 2.55 bits per heavy atom. The van der Waals surface area contributed by atoms with Gasteiger partial charge in [0.15, 0.2) is 0 Å². The summed E-state index contributed by atoms with van der Waals surface area (Å²) in [5, 5.41) is 4.06. The van der Waals surface area contributed by atoms with Gasteiger partial charge >= 0.3 is 0 Å². The van der Waals surface area contributed by atoms with Gasteiger partial charge in [0.05, 0.1) is 11.1 Å². The fraction of sp³-hybridized carbons (Fsp3) is 0.400. The molecule has 22 heavy (non-hydrogen) atoms. The molecule has 0 aliphatic rings. The molecule has 1 aromatic heterocycles. The third-order valence-corrected chi connectivity index (χ3v) is 5.58. The average molecular weight is 325 g/mol. The van der Waals surface area contributed by atoms with Crippen molar-refractivity contribution < 1.29 is 12.8 Å². The highest BCUT2D eigenvalue weighted by atomic mass is 32.2. The topological polar surface area (TPSA) is 55.2 Å². The van der Waals surface area contributed by atoms with E-state index in [-0.39, 0.29) is 17.5 Å². The second-order valence-electron chi connectivity index (χ2n) is 5.58. The van der Waals surface area contributed by atoms with Crippen LogP contribution in [-0.2, 0) is 23.6 Å². The Bertz CT molecular complexity index is 769. The minimum atomic E-state index is -3.71. The smallest absolute Gasteiger partial charge is 0.243 e. The minimum absolute atomic E-state index is 0.131. The van der Waals surface area contributed by atoms with E-state index in [9.17, 15) is 12.8 Å². The van der Waals surface area contributed by atoms with Crippen molar-refractivity contribution in [2.24, 2.45) is 7.05 Å². The number of halogens is 1. The molecule has 0 radical (unpaired) electrons. The van der Waals surface area contributed by atoms with Crippen LogP contribution in [0.1, 0.15) is 25.0 Å². The Balaban J connectivity index is 2.42. The molecule has 1 heterocycles. The number of aryl methyl sites for hydroxylation is 2. The largest absolute Gasteiger partial charge is 0.275 e. The first kappa shape index (κ1) is 16.6. The van der Waals surface area contributed by atoms with Gasteiger partial charge in [-0.2, -0.15) is 9.40 Å². The molecular weight excluding hydrogens is 305 g/mol. The van der Waals surface area contributed by atoms with Crippen LogP contribution < -0.4 is 0 Å². The third kappa shape index (κ3) is 3.36. The van der Waals surface area contributed by atoms with E-state index in [0.29, 0.717) is 5.56 Å². The molecule has 0 unspecified atom stereocenters. The van der Waals surface area contributed by atoms with Gasteiger partial charge in [-0.05, 0) is 44.5 Å². The van der Waals surface area contributed by atoms with E-state index in [0.717, 1.165) is 5.56 Å². The molecule has 1 aromatic carbocycles. The second kappa shape index (κ2) is 6.18. The van der Waals surface area contributed by atoms with E-state index in [1.165, 1.54) is 22.5 Å². The number of aromatic nitrogens is 2. The van der Waals surface area contributed by atoms with Crippen LogP contribution in [0.25, 0.3) is 0 Å². The van der Waals surface area contributed by atoms with Crippen molar-refractivity contribution in [1.82, 2.24) is 14.1 Å². The molecule has 0 aliphatic carbocycles. The molecule has 0 N–H and O–H groups in total. The molecule has 2 aromatic rings. The first-order valence-electron chi connectivity index (χ1n) is 6.97. The Kier molecular flexibility index (Phi) is 4.67. The van der Waals surface area contributed by atoms with Gasteiger partial charge in [-0.25, -0.2) is 12.8 Å².